The highest BCUT2D eigenvalue weighted by molar-refractivity contribution is 5.94. The molecule has 0 saturated carbocycles. The number of nitrogens with zero attached hydrogens (tertiary/aromatic N) is 5. The first-order chi connectivity index (χ1) is 17.2. The Hall–Kier alpha value is -4.00. The topological polar surface area (TPSA) is 139 Å². The summed E-state index contributed by atoms with van der Waals surface area (Å²) in [6, 6.07) is 4.23. The lowest BCUT2D eigenvalue weighted by Gasteiger charge is -2.18. The van der Waals surface area contributed by atoms with Crippen LogP contribution in [0, 0.1) is 0 Å². The molecule has 4 aromatic rings. The molecule has 1 amide bonds. The molecule has 1 fully saturated rings. The van der Waals surface area contributed by atoms with E-state index < -0.39 is 23.7 Å². The zero-order valence-corrected chi connectivity index (χ0v) is 19.3. The molecule has 0 aliphatic carbocycles. The minimum Gasteiger partial charge on any atom is -0.383 e. The third kappa shape index (κ3) is 4.73. The fourth-order valence-corrected chi connectivity index (χ4v) is 4.19. The van der Waals surface area contributed by atoms with E-state index in [-0.39, 0.29) is 28.6 Å². The Kier molecular flexibility index (Phi) is 6.08. The number of imidazole rings is 1. The van der Waals surface area contributed by atoms with Gasteiger partial charge in [-0.05, 0) is 51.1 Å². The van der Waals surface area contributed by atoms with E-state index in [2.05, 4.69) is 35.3 Å². The smallest absolute Gasteiger partial charge is 0.383 e. The van der Waals surface area contributed by atoms with Gasteiger partial charge in [0, 0.05) is 18.2 Å². The van der Waals surface area contributed by atoms with Crippen LogP contribution in [0.2, 0.25) is 0 Å². The van der Waals surface area contributed by atoms with E-state index in [9.17, 15) is 18.0 Å². The van der Waals surface area contributed by atoms with E-state index in [1.54, 1.807) is 13.0 Å². The Morgan fingerprint density at radius 3 is 2.78 bits per heavy atom. The van der Waals surface area contributed by atoms with Crippen molar-refractivity contribution in [2.75, 3.05) is 18.8 Å². The van der Waals surface area contributed by atoms with Crippen molar-refractivity contribution in [3.05, 3.63) is 53.1 Å². The molecule has 4 heterocycles. The number of likely N-dealkylation sites (tertiary alicyclic amines) is 1. The van der Waals surface area contributed by atoms with Crippen LogP contribution in [0.3, 0.4) is 0 Å². The summed E-state index contributed by atoms with van der Waals surface area (Å²) in [5.41, 5.74) is 7.01. The van der Waals surface area contributed by atoms with Gasteiger partial charge in [0.25, 0.3) is 5.91 Å². The van der Waals surface area contributed by atoms with Crippen molar-refractivity contribution < 1.29 is 22.5 Å². The Bertz CT molecular complexity index is 1410. The number of hydrogen-bond donors (Lipinski definition) is 3. The van der Waals surface area contributed by atoms with Gasteiger partial charge in [-0.15, -0.1) is 0 Å². The molecule has 1 saturated heterocycles. The molecule has 1 aromatic carbocycles. The van der Waals surface area contributed by atoms with Crippen LogP contribution in [0.5, 0.6) is 0 Å². The number of hydrogen-bond acceptors (Lipinski definition) is 8. The van der Waals surface area contributed by atoms with Gasteiger partial charge in [-0.2, -0.15) is 13.2 Å². The van der Waals surface area contributed by atoms with Crippen LogP contribution in [0.1, 0.15) is 53.1 Å². The average Bonchev–Trinajstić information content (AvgIpc) is 3.59. The van der Waals surface area contributed by atoms with E-state index in [1.807, 2.05) is 0 Å². The molecule has 1 atom stereocenters. The Morgan fingerprint density at radius 2 is 2.03 bits per heavy atom. The lowest BCUT2D eigenvalue weighted by Crippen LogP contribution is -2.30. The first kappa shape index (κ1) is 23.7. The number of halogens is 3. The normalized spacial score (nSPS) is 15.4. The molecular formula is C23H23F3N8O2. The summed E-state index contributed by atoms with van der Waals surface area (Å²) >= 11 is 0. The van der Waals surface area contributed by atoms with Gasteiger partial charge in [0.2, 0.25) is 5.76 Å². The quantitative estimate of drug-likeness (QED) is 0.364. The van der Waals surface area contributed by atoms with E-state index >= 15 is 0 Å². The number of rotatable bonds is 6. The Labute approximate surface area is 203 Å². The van der Waals surface area contributed by atoms with Crippen LogP contribution in [0.4, 0.5) is 19.0 Å². The van der Waals surface area contributed by atoms with Gasteiger partial charge >= 0.3 is 6.18 Å². The second-order valence-electron chi connectivity index (χ2n) is 8.70. The molecule has 4 N–H and O–H groups in total. The summed E-state index contributed by atoms with van der Waals surface area (Å²) in [6.07, 6.45) is -1.03. The van der Waals surface area contributed by atoms with Gasteiger partial charge in [-0.3, -0.25) is 9.69 Å². The number of nitrogens with one attached hydrogen (secondary N) is 2. The summed E-state index contributed by atoms with van der Waals surface area (Å²) in [6.45, 7) is 4.05. The van der Waals surface area contributed by atoms with E-state index in [0.717, 1.165) is 38.1 Å². The third-order valence-corrected chi connectivity index (χ3v) is 6.14. The van der Waals surface area contributed by atoms with E-state index in [0.29, 0.717) is 23.3 Å². The van der Waals surface area contributed by atoms with Crippen LogP contribution in [0.15, 0.2) is 35.1 Å². The van der Waals surface area contributed by atoms with E-state index in [1.165, 1.54) is 12.4 Å². The number of alkyl halides is 3. The number of aromatic amines is 1. The molecule has 13 heteroatoms. The Balaban J connectivity index is 1.33. The molecule has 36 heavy (non-hydrogen) atoms. The largest absolute Gasteiger partial charge is 0.416 e. The van der Waals surface area contributed by atoms with Crippen molar-refractivity contribution in [2.45, 2.75) is 38.5 Å². The molecule has 10 nitrogen and oxygen atoms in total. The SMILES string of the molecule is CC(NC(=O)c1ncnc(N)c1CN1CCCC1)c1cc(-c2nc3ccc(C(F)(F)F)cc3[nH]2)on1. The number of nitrogens with two attached hydrogens (primary N) is 1. The second kappa shape index (κ2) is 9.22. The van der Waals surface area contributed by atoms with Gasteiger partial charge < -0.3 is 20.6 Å². The average molecular weight is 500 g/mol. The maximum absolute atomic E-state index is 13.0. The molecule has 3 aromatic heterocycles. The molecule has 1 unspecified atom stereocenters. The summed E-state index contributed by atoms with van der Waals surface area (Å²) in [5, 5.41) is 6.83. The Morgan fingerprint density at radius 1 is 1.25 bits per heavy atom. The van der Waals surface area contributed by atoms with Crippen molar-refractivity contribution in [3.8, 4) is 11.6 Å². The van der Waals surface area contributed by atoms with Crippen LogP contribution in [-0.2, 0) is 12.7 Å². The standard InChI is InChI=1S/C23H23F3N8O2/c1-12(30-22(35)19-14(20(27)29-11-28-19)10-34-6-2-3-7-34)16-9-18(36-33-16)21-31-15-5-4-13(23(24,25)26)8-17(15)32-21/h4-5,8-9,11-12H,2-3,6-7,10H2,1H3,(H,30,35)(H,31,32)(H2,27,28,29). The molecule has 1 aliphatic rings. The summed E-state index contributed by atoms with van der Waals surface area (Å²) < 4.78 is 44.3. The number of aromatic nitrogens is 5. The van der Waals surface area contributed by atoms with Gasteiger partial charge in [0.1, 0.15) is 23.5 Å². The van der Waals surface area contributed by atoms with Gasteiger partial charge in [0.05, 0.1) is 22.6 Å². The molecule has 1 aliphatic heterocycles. The van der Waals surface area contributed by atoms with E-state index in [4.69, 9.17) is 10.3 Å². The number of fused-ring (bicyclic) bond motifs is 1. The fourth-order valence-electron chi connectivity index (χ4n) is 4.19. The van der Waals surface area contributed by atoms with Crippen LogP contribution < -0.4 is 11.1 Å². The molecule has 0 radical (unpaired) electrons. The van der Waals surface area contributed by atoms with Gasteiger partial charge in [0.15, 0.2) is 5.82 Å². The van der Waals surface area contributed by atoms with Gasteiger partial charge in [-0.1, -0.05) is 5.16 Å². The zero-order chi connectivity index (χ0) is 25.4. The molecule has 5 rings (SSSR count). The number of carbonyl (C=O) groups is 1. The predicted molar refractivity (Wildman–Crippen MR) is 123 cm³/mol. The predicted octanol–water partition coefficient (Wildman–Crippen LogP) is 3.70. The number of carbonyl (C=O) groups excluding carboxylic acids is 1. The summed E-state index contributed by atoms with van der Waals surface area (Å²) in [5.74, 6) is 0.269. The van der Waals surface area contributed by atoms with Crippen molar-refractivity contribution in [1.29, 1.82) is 0 Å². The van der Waals surface area contributed by atoms with Crippen molar-refractivity contribution in [3.63, 3.8) is 0 Å². The number of nitrogen functional groups attached to an aromatic ring is 1. The lowest BCUT2D eigenvalue weighted by atomic mass is 10.1. The molecule has 0 bridgehead atoms. The summed E-state index contributed by atoms with van der Waals surface area (Å²) in [7, 11) is 0. The number of anilines is 1. The first-order valence-electron chi connectivity index (χ1n) is 11.4. The van der Waals surface area contributed by atoms with Crippen LogP contribution >= 0.6 is 0 Å². The first-order valence-corrected chi connectivity index (χ1v) is 11.4. The monoisotopic (exact) mass is 500 g/mol. The number of amides is 1. The van der Waals surface area contributed by atoms with Crippen LogP contribution in [0.25, 0.3) is 22.6 Å². The zero-order valence-electron chi connectivity index (χ0n) is 19.3. The minimum atomic E-state index is -4.46. The van der Waals surface area contributed by atoms with Crippen molar-refractivity contribution >= 4 is 22.8 Å². The van der Waals surface area contributed by atoms with Crippen molar-refractivity contribution in [1.82, 2.24) is 35.3 Å². The molecular weight excluding hydrogens is 477 g/mol. The molecule has 188 valence electrons. The van der Waals surface area contributed by atoms with Gasteiger partial charge in [-0.25, -0.2) is 15.0 Å². The minimum absolute atomic E-state index is 0.197. The molecule has 0 spiro atoms. The van der Waals surface area contributed by atoms with Crippen LogP contribution in [-0.4, -0.2) is 49.0 Å². The second-order valence-corrected chi connectivity index (χ2v) is 8.70. The maximum atomic E-state index is 13.0. The fraction of sp³-hybridized carbons (Fsp3) is 0.348. The number of H-pyrrole nitrogens is 1. The number of benzene rings is 1. The lowest BCUT2D eigenvalue weighted by molar-refractivity contribution is -0.137. The third-order valence-electron chi connectivity index (χ3n) is 6.14. The highest BCUT2D eigenvalue weighted by atomic mass is 19.4. The maximum Gasteiger partial charge on any atom is 0.416 e. The highest BCUT2D eigenvalue weighted by Crippen LogP contribution is 2.32. The highest BCUT2D eigenvalue weighted by Gasteiger charge is 2.31. The summed E-state index contributed by atoms with van der Waals surface area (Å²) in [4.78, 5) is 30.5. The van der Waals surface area contributed by atoms with Crippen molar-refractivity contribution in [2.24, 2.45) is 0 Å².